The molecule has 1 nitrogen and oxygen atoms in total. The highest BCUT2D eigenvalue weighted by Crippen LogP contribution is 2.31. The highest BCUT2D eigenvalue weighted by atomic mass is 16.5. The molecule has 1 aliphatic carbocycles. The molecule has 1 fully saturated rings. The fraction of sp³-hybridized carbons (Fsp3) is 0.500. The Balaban J connectivity index is 1.73. The number of ether oxygens (including phenoxy) is 1. The van der Waals surface area contributed by atoms with Crippen molar-refractivity contribution in [2.75, 3.05) is 6.61 Å². The van der Waals surface area contributed by atoms with Crippen LogP contribution >= 0.6 is 0 Å². The van der Waals surface area contributed by atoms with Crippen LogP contribution < -0.4 is 4.74 Å². The Bertz CT molecular complexity index is 637. The van der Waals surface area contributed by atoms with Gasteiger partial charge in [-0.05, 0) is 74.9 Å². The number of benzene rings is 1. The first-order chi connectivity index (χ1) is 12.3. The van der Waals surface area contributed by atoms with E-state index in [1.54, 1.807) is 0 Å². The summed E-state index contributed by atoms with van der Waals surface area (Å²) in [6.45, 7) is 4.95. The van der Waals surface area contributed by atoms with Gasteiger partial charge in [-0.1, -0.05) is 49.9 Å². The predicted octanol–water partition coefficient (Wildman–Crippen LogP) is 5.99. The highest BCUT2D eigenvalue weighted by molar-refractivity contribution is 5.40. The SMILES string of the molecule is CCCC[C@H]1CC[C@H](C#C/C=C/C#Cc2ccc(OCC)cc2)CC1. The Kier molecular flexibility index (Phi) is 8.79. The summed E-state index contributed by atoms with van der Waals surface area (Å²) in [5.41, 5.74) is 0.992. The normalized spacial score (nSPS) is 19.6. The Labute approximate surface area is 153 Å². The van der Waals surface area contributed by atoms with Crippen LogP contribution in [0.4, 0.5) is 0 Å². The Morgan fingerprint density at radius 2 is 1.72 bits per heavy atom. The van der Waals surface area contributed by atoms with Crippen molar-refractivity contribution >= 4 is 0 Å². The number of unbranched alkanes of at least 4 members (excludes halogenated alkanes) is 1. The number of rotatable bonds is 5. The van der Waals surface area contributed by atoms with Gasteiger partial charge in [-0.2, -0.15) is 0 Å². The van der Waals surface area contributed by atoms with Crippen LogP contribution in [0.15, 0.2) is 36.4 Å². The van der Waals surface area contributed by atoms with Crippen molar-refractivity contribution in [3.05, 3.63) is 42.0 Å². The quantitative estimate of drug-likeness (QED) is 0.601. The van der Waals surface area contributed by atoms with Crippen LogP contribution in [0.25, 0.3) is 0 Å². The highest BCUT2D eigenvalue weighted by Gasteiger charge is 2.18. The molecule has 2 rings (SSSR count). The maximum absolute atomic E-state index is 5.42. The molecule has 0 aliphatic heterocycles. The lowest BCUT2D eigenvalue weighted by Crippen LogP contribution is -2.13. The molecule has 0 spiro atoms. The van der Waals surface area contributed by atoms with Crippen molar-refractivity contribution in [3.8, 4) is 29.4 Å². The third-order valence-electron chi connectivity index (χ3n) is 4.73. The van der Waals surface area contributed by atoms with Crippen LogP contribution in [-0.4, -0.2) is 6.61 Å². The van der Waals surface area contributed by atoms with Gasteiger partial charge in [0.1, 0.15) is 5.75 Å². The minimum Gasteiger partial charge on any atom is -0.494 e. The summed E-state index contributed by atoms with van der Waals surface area (Å²) in [6, 6.07) is 7.87. The van der Waals surface area contributed by atoms with Crippen molar-refractivity contribution in [1.29, 1.82) is 0 Å². The Morgan fingerprint density at radius 3 is 2.40 bits per heavy atom. The number of allylic oxidation sites excluding steroid dienone is 2. The van der Waals surface area contributed by atoms with Crippen LogP contribution in [0.1, 0.15) is 64.4 Å². The van der Waals surface area contributed by atoms with E-state index in [0.29, 0.717) is 12.5 Å². The van der Waals surface area contributed by atoms with Crippen LogP contribution in [0.5, 0.6) is 5.75 Å². The van der Waals surface area contributed by atoms with E-state index in [4.69, 9.17) is 4.74 Å². The number of hydrogen-bond donors (Lipinski definition) is 0. The van der Waals surface area contributed by atoms with Gasteiger partial charge < -0.3 is 4.74 Å². The van der Waals surface area contributed by atoms with Crippen molar-refractivity contribution in [3.63, 3.8) is 0 Å². The molecule has 1 heteroatoms. The van der Waals surface area contributed by atoms with Gasteiger partial charge in [0.2, 0.25) is 0 Å². The average molecular weight is 335 g/mol. The molecule has 1 aromatic carbocycles. The fourth-order valence-corrected chi connectivity index (χ4v) is 3.26. The van der Waals surface area contributed by atoms with E-state index in [1.165, 1.54) is 44.9 Å². The third kappa shape index (κ3) is 7.53. The van der Waals surface area contributed by atoms with Gasteiger partial charge in [0.05, 0.1) is 6.61 Å². The van der Waals surface area contributed by atoms with E-state index in [1.807, 2.05) is 43.3 Å². The van der Waals surface area contributed by atoms with Crippen LogP contribution in [0, 0.1) is 35.5 Å². The van der Waals surface area contributed by atoms with Crippen molar-refractivity contribution < 1.29 is 4.74 Å². The van der Waals surface area contributed by atoms with Gasteiger partial charge in [0, 0.05) is 11.5 Å². The maximum atomic E-state index is 5.42. The minimum absolute atomic E-state index is 0.585. The molecular weight excluding hydrogens is 304 g/mol. The summed E-state index contributed by atoms with van der Waals surface area (Å²) in [5, 5.41) is 0. The molecule has 0 N–H and O–H groups in total. The van der Waals surface area contributed by atoms with E-state index < -0.39 is 0 Å². The third-order valence-corrected chi connectivity index (χ3v) is 4.73. The summed E-state index contributed by atoms with van der Waals surface area (Å²) >= 11 is 0. The smallest absolute Gasteiger partial charge is 0.119 e. The second kappa shape index (κ2) is 11.4. The standard InChI is InChI=1S/C24H30O/c1-3-5-10-21-13-15-22(16-14-21)11-8-6-7-9-12-23-17-19-24(20-18-23)25-4-2/h6-7,17-22H,3-5,10,13-16H2,1-2H3/b7-6+/t21-,22-. The van der Waals surface area contributed by atoms with E-state index >= 15 is 0 Å². The fourth-order valence-electron chi connectivity index (χ4n) is 3.26. The summed E-state index contributed by atoms with van der Waals surface area (Å²) < 4.78 is 5.42. The molecule has 1 saturated carbocycles. The van der Waals surface area contributed by atoms with E-state index in [2.05, 4.69) is 30.6 Å². The van der Waals surface area contributed by atoms with Gasteiger partial charge in [-0.25, -0.2) is 0 Å². The Hall–Kier alpha value is -2.12. The zero-order valence-corrected chi connectivity index (χ0v) is 15.7. The Morgan fingerprint density at radius 1 is 1.00 bits per heavy atom. The first-order valence-corrected chi connectivity index (χ1v) is 9.72. The lowest BCUT2D eigenvalue weighted by Gasteiger charge is -2.25. The first-order valence-electron chi connectivity index (χ1n) is 9.72. The van der Waals surface area contributed by atoms with Gasteiger partial charge in [0.25, 0.3) is 0 Å². The van der Waals surface area contributed by atoms with Gasteiger partial charge in [-0.3, -0.25) is 0 Å². The molecule has 25 heavy (non-hydrogen) atoms. The zero-order chi connectivity index (χ0) is 17.7. The first kappa shape index (κ1) is 19.2. The topological polar surface area (TPSA) is 9.23 Å². The largest absolute Gasteiger partial charge is 0.494 e. The van der Waals surface area contributed by atoms with E-state index in [9.17, 15) is 0 Å². The van der Waals surface area contributed by atoms with Gasteiger partial charge in [-0.15, -0.1) is 0 Å². The summed E-state index contributed by atoms with van der Waals surface area (Å²) in [7, 11) is 0. The van der Waals surface area contributed by atoms with Gasteiger partial charge in [0.15, 0.2) is 0 Å². The molecule has 0 aromatic heterocycles. The second-order valence-electron chi connectivity index (χ2n) is 6.71. The molecule has 0 unspecified atom stereocenters. The van der Waals surface area contributed by atoms with Gasteiger partial charge >= 0.3 is 0 Å². The van der Waals surface area contributed by atoms with Crippen LogP contribution in [0.2, 0.25) is 0 Å². The molecule has 0 atom stereocenters. The average Bonchev–Trinajstić information content (AvgIpc) is 2.65. The second-order valence-corrected chi connectivity index (χ2v) is 6.71. The minimum atomic E-state index is 0.585. The molecule has 0 saturated heterocycles. The van der Waals surface area contributed by atoms with Crippen LogP contribution in [0.3, 0.4) is 0 Å². The number of hydrogen-bond acceptors (Lipinski definition) is 1. The maximum Gasteiger partial charge on any atom is 0.119 e. The van der Waals surface area contributed by atoms with Crippen molar-refractivity contribution in [1.82, 2.24) is 0 Å². The summed E-state index contributed by atoms with van der Waals surface area (Å²) in [5.74, 6) is 15.2. The van der Waals surface area contributed by atoms with Crippen molar-refractivity contribution in [2.45, 2.75) is 58.8 Å². The molecule has 132 valence electrons. The molecule has 0 radical (unpaired) electrons. The van der Waals surface area contributed by atoms with E-state index in [0.717, 1.165) is 17.2 Å². The lowest BCUT2D eigenvalue weighted by molar-refractivity contribution is 0.296. The molecule has 0 bridgehead atoms. The predicted molar refractivity (Wildman–Crippen MR) is 106 cm³/mol. The summed E-state index contributed by atoms with van der Waals surface area (Å²) in [6.07, 6.45) is 13.1. The molecule has 0 amide bonds. The molecule has 1 aliphatic rings. The lowest BCUT2D eigenvalue weighted by atomic mass is 9.80. The molecule has 1 aromatic rings. The molecular formula is C24H30O. The summed E-state index contributed by atoms with van der Waals surface area (Å²) in [4.78, 5) is 0. The van der Waals surface area contributed by atoms with Crippen LogP contribution in [-0.2, 0) is 0 Å². The molecule has 0 heterocycles. The monoisotopic (exact) mass is 334 g/mol. The zero-order valence-electron chi connectivity index (χ0n) is 15.7. The van der Waals surface area contributed by atoms with Crippen molar-refractivity contribution in [2.24, 2.45) is 11.8 Å². The van der Waals surface area contributed by atoms with E-state index in [-0.39, 0.29) is 0 Å².